The Morgan fingerprint density at radius 2 is 1.96 bits per heavy atom. The Morgan fingerprint density at radius 1 is 1.25 bits per heavy atom. The van der Waals surface area contributed by atoms with Gasteiger partial charge in [-0.2, -0.15) is 5.26 Å². The molecule has 9 heteroatoms. The van der Waals surface area contributed by atoms with E-state index in [1.165, 1.54) is 32.3 Å². The molecular formula is C19H21N3O5S. The van der Waals surface area contributed by atoms with Crippen LogP contribution in [-0.4, -0.2) is 51.0 Å². The first-order valence-corrected chi connectivity index (χ1v) is 9.81. The average molecular weight is 403 g/mol. The number of sulfonamides is 1. The van der Waals surface area contributed by atoms with E-state index in [0.29, 0.717) is 16.8 Å². The van der Waals surface area contributed by atoms with Crippen LogP contribution in [0.4, 0.5) is 5.69 Å². The van der Waals surface area contributed by atoms with E-state index in [0.717, 1.165) is 4.31 Å². The molecule has 0 aliphatic heterocycles. The normalized spacial score (nSPS) is 11.1. The lowest BCUT2D eigenvalue weighted by atomic mass is 10.1. The Labute approximate surface area is 164 Å². The number of anilines is 1. The van der Waals surface area contributed by atoms with Crippen molar-refractivity contribution in [2.45, 2.75) is 11.5 Å². The maximum Gasteiger partial charge on any atom is 0.340 e. The summed E-state index contributed by atoms with van der Waals surface area (Å²) in [6.45, 7) is -0.119. The van der Waals surface area contributed by atoms with E-state index in [-0.39, 0.29) is 30.2 Å². The van der Waals surface area contributed by atoms with E-state index in [4.69, 9.17) is 15.1 Å². The summed E-state index contributed by atoms with van der Waals surface area (Å²) in [7, 11) is -0.957. The summed E-state index contributed by atoms with van der Waals surface area (Å²) in [5, 5.41) is 21.0. The molecule has 2 N–H and O–H groups in total. The molecule has 0 amide bonds. The van der Waals surface area contributed by atoms with Gasteiger partial charge in [0.05, 0.1) is 28.7 Å². The molecule has 0 atom stereocenters. The third-order valence-electron chi connectivity index (χ3n) is 3.91. The zero-order chi connectivity index (χ0) is 20.7. The summed E-state index contributed by atoms with van der Waals surface area (Å²) in [6.07, 6.45) is 0. The molecule has 2 rings (SSSR count). The predicted octanol–water partition coefficient (Wildman–Crippen LogP) is 1.57. The van der Waals surface area contributed by atoms with Crippen LogP contribution in [0.15, 0.2) is 47.4 Å². The minimum absolute atomic E-state index is 0.0193. The van der Waals surface area contributed by atoms with Gasteiger partial charge in [-0.1, -0.05) is 18.2 Å². The number of carbonyl (C=O) groups excluding carboxylic acids is 1. The van der Waals surface area contributed by atoms with Crippen molar-refractivity contribution in [2.75, 3.05) is 32.6 Å². The van der Waals surface area contributed by atoms with Crippen molar-refractivity contribution in [3.05, 3.63) is 59.2 Å². The average Bonchev–Trinajstić information content (AvgIpc) is 2.70. The number of nitrogens with zero attached hydrogens (tertiary/aromatic N) is 2. The number of esters is 1. The lowest BCUT2D eigenvalue weighted by Gasteiger charge is -2.15. The van der Waals surface area contributed by atoms with Crippen molar-refractivity contribution in [2.24, 2.45) is 0 Å². The van der Waals surface area contributed by atoms with Crippen LogP contribution in [-0.2, 0) is 21.4 Å². The van der Waals surface area contributed by atoms with E-state index in [2.05, 4.69) is 5.32 Å². The maximum absolute atomic E-state index is 12.6. The van der Waals surface area contributed by atoms with Gasteiger partial charge in [-0.05, 0) is 24.3 Å². The number of hydrogen-bond acceptors (Lipinski definition) is 7. The minimum atomic E-state index is -3.74. The highest BCUT2D eigenvalue weighted by Gasteiger charge is 2.22. The number of rotatable bonds is 8. The molecule has 0 fully saturated rings. The van der Waals surface area contributed by atoms with E-state index in [1.807, 2.05) is 6.07 Å². The van der Waals surface area contributed by atoms with Gasteiger partial charge in [-0.25, -0.2) is 17.5 Å². The highest BCUT2D eigenvalue weighted by atomic mass is 32.2. The van der Waals surface area contributed by atoms with Crippen molar-refractivity contribution in [3.8, 4) is 6.07 Å². The van der Waals surface area contributed by atoms with Crippen LogP contribution in [0.25, 0.3) is 0 Å². The minimum Gasteiger partial charge on any atom is -0.457 e. The summed E-state index contributed by atoms with van der Waals surface area (Å²) >= 11 is 0. The number of nitriles is 1. The number of aliphatic hydroxyl groups excluding tert-OH is 1. The molecule has 0 aliphatic carbocycles. The molecule has 0 unspecified atom stereocenters. The lowest BCUT2D eigenvalue weighted by molar-refractivity contribution is 0.0473. The molecule has 0 heterocycles. The Bertz CT molecular complexity index is 997. The Kier molecular flexibility index (Phi) is 7.12. The summed E-state index contributed by atoms with van der Waals surface area (Å²) in [5.41, 5.74) is 1.29. The second kappa shape index (κ2) is 9.32. The summed E-state index contributed by atoms with van der Waals surface area (Å²) in [6, 6.07) is 12.8. The molecule has 2 aromatic rings. The van der Waals surface area contributed by atoms with E-state index >= 15 is 0 Å². The number of carbonyl (C=O) groups is 1. The van der Waals surface area contributed by atoms with Gasteiger partial charge in [0.15, 0.2) is 0 Å². The molecule has 0 bridgehead atoms. The molecular weight excluding hydrogens is 382 g/mol. The van der Waals surface area contributed by atoms with Gasteiger partial charge in [-0.3, -0.25) is 0 Å². The molecule has 148 valence electrons. The largest absolute Gasteiger partial charge is 0.457 e. The fourth-order valence-electron chi connectivity index (χ4n) is 2.38. The zero-order valence-corrected chi connectivity index (χ0v) is 16.4. The molecule has 0 radical (unpaired) electrons. The molecule has 0 saturated carbocycles. The second-order valence-corrected chi connectivity index (χ2v) is 8.14. The van der Waals surface area contributed by atoms with Crippen LogP contribution in [0.5, 0.6) is 0 Å². The lowest BCUT2D eigenvalue weighted by Crippen LogP contribution is -2.23. The number of hydrogen-bond donors (Lipinski definition) is 2. The topological polar surface area (TPSA) is 120 Å². The molecule has 0 spiro atoms. The fraction of sp³-hybridized carbons (Fsp3) is 0.263. The van der Waals surface area contributed by atoms with Crippen molar-refractivity contribution < 1.29 is 23.1 Å². The number of nitrogens with one attached hydrogen (secondary N) is 1. The third kappa shape index (κ3) is 4.86. The maximum atomic E-state index is 12.6. The van der Waals surface area contributed by atoms with Gasteiger partial charge >= 0.3 is 5.97 Å². The molecule has 0 saturated heterocycles. The zero-order valence-electron chi connectivity index (χ0n) is 15.5. The van der Waals surface area contributed by atoms with Gasteiger partial charge in [0, 0.05) is 31.9 Å². The van der Waals surface area contributed by atoms with Crippen LogP contribution < -0.4 is 5.32 Å². The monoisotopic (exact) mass is 403 g/mol. The standard InChI is InChI=1S/C19H21N3O5S/c1-22(2)28(25,26)16-7-8-18(21-9-10-23)17(11-16)19(24)27-13-15-6-4-3-5-14(15)12-20/h3-8,11,21,23H,9-10,13H2,1-2H3. The van der Waals surface area contributed by atoms with Crippen molar-refractivity contribution in [1.82, 2.24) is 4.31 Å². The number of ether oxygens (including phenoxy) is 1. The van der Waals surface area contributed by atoms with Gasteiger partial charge in [0.25, 0.3) is 0 Å². The summed E-state index contributed by atoms with van der Waals surface area (Å²) in [4.78, 5) is 12.6. The SMILES string of the molecule is CN(C)S(=O)(=O)c1ccc(NCCO)c(C(=O)OCc2ccccc2C#N)c1. The Hall–Kier alpha value is -2.93. The summed E-state index contributed by atoms with van der Waals surface area (Å²) in [5.74, 6) is -0.746. The van der Waals surface area contributed by atoms with E-state index in [1.54, 1.807) is 24.3 Å². The summed E-state index contributed by atoms with van der Waals surface area (Å²) < 4.78 is 31.1. The highest BCUT2D eigenvalue weighted by Crippen LogP contribution is 2.23. The van der Waals surface area contributed by atoms with E-state index in [9.17, 15) is 13.2 Å². The van der Waals surface area contributed by atoms with Crippen molar-refractivity contribution in [3.63, 3.8) is 0 Å². The molecule has 0 aromatic heterocycles. The molecule has 28 heavy (non-hydrogen) atoms. The van der Waals surface area contributed by atoms with Gasteiger partial charge in [-0.15, -0.1) is 0 Å². The van der Waals surface area contributed by atoms with Gasteiger partial charge < -0.3 is 15.2 Å². The van der Waals surface area contributed by atoms with Gasteiger partial charge in [0.1, 0.15) is 6.61 Å². The molecule has 8 nitrogen and oxygen atoms in total. The number of aliphatic hydroxyl groups is 1. The Balaban J connectivity index is 2.34. The highest BCUT2D eigenvalue weighted by molar-refractivity contribution is 7.89. The van der Waals surface area contributed by atoms with Crippen LogP contribution in [0.1, 0.15) is 21.5 Å². The second-order valence-electron chi connectivity index (χ2n) is 5.99. The first-order valence-electron chi connectivity index (χ1n) is 8.37. The van der Waals surface area contributed by atoms with Crippen LogP contribution in [0.3, 0.4) is 0 Å². The quantitative estimate of drug-likeness (QED) is 0.642. The van der Waals surface area contributed by atoms with Crippen molar-refractivity contribution in [1.29, 1.82) is 5.26 Å². The molecule has 2 aromatic carbocycles. The van der Waals surface area contributed by atoms with E-state index < -0.39 is 16.0 Å². The number of benzene rings is 2. The van der Waals surface area contributed by atoms with Crippen molar-refractivity contribution >= 4 is 21.7 Å². The van der Waals surface area contributed by atoms with Gasteiger partial charge in [0.2, 0.25) is 10.0 Å². The smallest absolute Gasteiger partial charge is 0.340 e. The predicted molar refractivity (Wildman–Crippen MR) is 103 cm³/mol. The first kappa shape index (κ1) is 21.4. The van der Waals surface area contributed by atoms with Crippen LogP contribution >= 0.6 is 0 Å². The van der Waals surface area contributed by atoms with Crippen LogP contribution in [0, 0.1) is 11.3 Å². The Morgan fingerprint density at radius 3 is 2.61 bits per heavy atom. The third-order valence-corrected chi connectivity index (χ3v) is 5.72. The fourth-order valence-corrected chi connectivity index (χ4v) is 3.31. The first-order chi connectivity index (χ1) is 13.3. The van der Waals surface area contributed by atoms with Crippen LogP contribution in [0.2, 0.25) is 0 Å². The molecule has 0 aliphatic rings.